The number of carbonyl (C=O) groups is 1. The Balaban J connectivity index is 1.66. The fourth-order valence-corrected chi connectivity index (χ4v) is 3.26. The predicted octanol–water partition coefficient (Wildman–Crippen LogP) is 3.81. The van der Waals surface area contributed by atoms with E-state index in [-0.39, 0.29) is 11.2 Å². The third kappa shape index (κ3) is 2.93. The number of hydrogen-bond donors (Lipinski definition) is 1. The van der Waals surface area contributed by atoms with E-state index in [4.69, 9.17) is 20.5 Å². The van der Waals surface area contributed by atoms with Gasteiger partial charge in [0, 0.05) is 16.7 Å². The lowest BCUT2D eigenvalue weighted by molar-refractivity contribution is 0.0994. The number of nitrogens with one attached hydrogen (secondary N) is 1. The summed E-state index contributed by atoms with van der Waals surface area (Å²) in [5.41, 5.74) is 1.77. The fraction of sp³-hybridized carbons (Fsp3) is 0.278. The third-order valence-corrected chi connectivity index (χ3v) is 4.67. The topological polar surface area (TPSA) is 85.3 Å². The highest BCUT2D eigenvalue weighted by Gasteiger charge is 2.25. The molecule has 1 aliphatic rings. The highest BCUT2D eigenvalue weighted by atomic mass is 35.5. The molecule has 1 atom stereocenters. The first-order valence-electron chi connectivity index (χ1n) is 8.03. The van der Waals surface area contributed by atoms with Crippen LogP contribution in [0.15, 0.2) is 38.0 Å². The summed E-state index contributed by atoms with van der Waals surface area (Å²) in [4.78, 5) is 24.7. The molecule has 6 nitrogen and oxygen atoms in total. The highest BCUT2D eigenvalue weighted by Crippen LogP contribution is 2.30. The van der Waals surface area contributed by atoms with E-state index in [1.807, 2.05) is 0 Å². The van der Waals surface area contributed by atoms with Crippen LogP contribution in [0, 0.1) is 5.92 Å². The number of benzene rings is 1. The molecule has 0 radical (unpaired) electrons. The van der Waals surface area contributed by atoms with Crippen molar-refractivity contribution in [2.24, 2.45) is 5.92 Å². The van der Waals surface area contributed by atoms with Crippen LogP contribution in [0.25, 0.3) is 11.0 Å². The van der Waals surface area contributed by atoms with Crippen molar-refractivity contribution in [3.05, 3.63) is 56.5 Å². The van der Waals surface area contributed by atoms with Crippen LogP contribution in [0.3, 0.4) is 0 Å². The lowest BCUT2D eigenvalue weighted by Gasteiger charge is -2.16. The van der Waals surface area contributed by atoms with Crippen molar-refractivity contribution in [2.75, 3.05) is 5.32 Å². The monoisotopic (exact) mass is 358 g/mol. The van der Waals surface area contributed by atoms with Crippen molar-refractivity contribution in [2.45, 2.75) is 26.2 Å². The van der Waals surface area contributed by atoms with Crippen molar-refractivity contribution >= 4 is 34.4 Å². The van der Waals surface area contributed by atoms with Crippen molar-refractivity contribution in [3.8, 4) is 0 Å². The summed E-state index contributed by atoms with van der Waals surface area (Å²) < 4.78 is 10.8. The third-order valence-electron chi connectivity index (χ3n) is 4.44. The van der Waals surface area contributed by atoms with Gasteiger partial charge in [-0.1, -0.05) is 23.7 Å². The first-order chi connectivity index (χ1) is 12.0. The predicted molar refractivity (Wildman–Crippen MR) is 93.1 cm³/mol. The molecule has 0 saturated carbocycles. The van der Waals surface area contributed by atoms with Crippen molar-refractivity contribution in [1.82, 2.24) is 5.16 Å². The maximum Gasteiger partial charge on any atom is 0.293 e. The molecular formula is C18H15ClN2O4. The first kappa shape index (κ1) is 15.9. The summed E-state index contributed by atoms with van der Waals surface area (Å²) in [5, 5.41) is 7.44. The van der Waals surface area contributed by atoms with Crippen LogP contribution in [0.4, 0.5) is 5.88 Å². The van der Waals surface area contributed by atoms with Gasteiger partial charge < -0.3 is 8.94 Å². The number of nitrogens with zero attached hydrogens (tertiary/aromatic N) is 1. The standard InChI is InChI=1S/C18H15ClN2O4/c1-9-2-4-13-11(6-9)18(25-21-13)20-17(23)16-8-14(22)12-7-10(19)3-5-15(12)24-16/h3,5,7-9H,2,4,6H2,1H3,(H,20,23)/t9-/m0/s1. The van der Waals surface area contributed by atoms with Gasteiger partial charge >= 0.3 is 0 Å². The van der Waals surface area contributed by atoms with Gasteiger partial charge in [0.1, 0.15) is 5.58 Å². The zero-order valence-electron chi connectivity index (χ0n) is 13.5. The van der Waals surface area contributed by atoms with Gasteiger partial charge in [-0.25, -0.2) is 0 Å². The Morgan fingerprint density at radius 1 is 1.36 bits per heavy atom. The van der Waals surface area contributed by atoms with Gasteiger partial charge in [0.2, 0.25) is 5.88 Å². The Morgan fingerprint density at radius 3 is 3.04 bits per heavy atom. The summed E-state index contributed by atoms with van der Waals surface area (Å²) in [6, 6.07) is 5.83. The maximum atomic E-state index is 12.5. The number of rotatable bonds is 2. The summed E-state index contributed by atoms with van der Waals surface area (Å²) in [6.45, 7) is 2.15. The van der Waals surface area contributed by atoms with E-state index in [2.05, 4.69) is 17.4 Å². The molecule has 2 heterocycles. The quantitative estimate of drug-likeness (QED) is 0.752. The number of carbonyl (C=O) groups excluding carboxylic acids is 1. The van der Waals surface area contributed by atoms with E-state index in [1.54, 1.807) is 12.1 Å². The molecule has 128 valence electrons. The molecule has 0 bridgehead atoms. The minimum atomic E-state index is -0.550. The van der Waals surface area contributed by atoms with Crippen molar-refractivity contribution < 1.29 is 13.7 Å². The van der Waals surface area contributed by atoms with Gasteiger partial charge in [-0.3, -0.25) is 14.9 Å². The van der Waals surface area contributed by atoms with E-state index >= 15 is 0 Å². The summed E-state index contributed by atoms with van der Waals surface area (Å²) in [6.07, 6.45) is 2.69. The molecule has 0 unspecified atom stereocenters. The Kier molecular flexibility index (Phi) is 3.84. The maximum absolute atomic E-state index is 12.5. The van der Waals surface area contributed by atoms with Gasteiger partial charge in [0.05, 0.1) is 11.1 Å². The molecule has 2 aromatic heterocycles. The molecular weight excluding hydrogens is 344 g/mol. The number of amides is 1. The Morgan fingerprint density at radius 2 is 2.20 bits per heavy atom. The molecule has 1 aromatic carbocycles. The van der Waals surface area contributed by atoms with Crippen molar-refractivity contribution in [1.29, 1.82) is 0 Å². The average molecular weight is 359 g/mol. The van der Waals surface area contributed by atoms with Crippen LogP contribution in [0.1, 0.15) is 35.2 Å². The van der Waals surface area contributed by atoms with E-state index < -0.39 is 5.91 Å². The van der Waals surface area contributed by atoms with Gasteiger partial charge in [-0.2, -0.15) is 0 Å². The molecule has 7 heteroatoms. The smallest absolute Gasteiger partial charge is 0.293 e. The van der Waals surface area contributed by atoms with E-state index in [1.165, 1.54) is 6.07 Å². The molecule has 1 N–H and O–H groups in total. The number of fused-ring (bicyclic) bond motifs is 2. The second kappa shape index (κ2) is 6.04. The molecule has 0 spiro atoms. The Labute approximate surface area is 147 Å². The SMILES string of the molecule is C[C@H]1CCc2noc(NC(=O)c3cc(=O)c4cc(Cl)ccc4o3)c2C1. The van der Waals surface area contributed by atoms with Crippen LogP contribution in [-0.2, 0) is 12.8 Å². The Bertz CT molecular complexity index is 1040. The molecule has 0 saturated heterocycles. The van der Waals surface area contributed by atoms with Crippen LogP contribution >= 0.6 is 11.6 Å². The van der Waals surface area contributed by atoms with Gasteiger partial charge in [-0.15, -0.1) is 0 Å². The van der Waals surface area contributed by atoms with Crippen molar-refractivity contribution in [3.63, 3.8) is 0 Å². The summed E-state index contributed by atoms with van der Waals surface area (Å²) >= 11 is 5.89. The molecule has 0 aliphatic heterocycles. The second-order valence-corrected chi connectivity index (χ2v) is 6.79. The fourth-order valence-electron chi connectivity index (χ4n) is 3.09. The molecule has 4 rings (SSSR count). The molecule has 3 aromatic rings. The highest BCUT2D eigenvalue weighted by molar-refractivity contribution is 6.31. The first-order valence-corrected chi connectivity index (χ1v) is 8.41. The zero-order valence-corrected chi connectivity index (χ0v) is 14.2. The molecule has 1 amide bonds. The lowest BCUT2D eigenvalue weighted by atomic mass is 9.89. The lowest BCUT2D eigenvalue weighted by Crippen LogP contribution is -2.17. The zero-order chi connectivity index (χ0) is 17.6. The van der Waals surface area contributed by atoms with E-state index in [9.17, 15) is 9.59 Å². The van der Waals surface area contributed by atoms with E-state index in [0.29, 0.717) is 27.8 Å². The van der Waals surface area contributed by atoms with Gasteiger partial charge in [-0.05, 0) is 43.4 Å². The number of halogens is 1. The number of aromatic nitrogens is 1. The van der Waals surface area contributed by atoms with Gasteiger partial charge in [0.25, 0.3) is 5.91 Å². The van der Waals surface area contributed by atoms with E-state index in [0.717, 1.165) is 36.6 Å². The largest absolute Gasteiger partial charge is 0.451 e. The molecule has 1 aliphatic carbocycles. The minimum Gasteiger partial charge on any atom is -0.451 e. The van der Waals surface area contributed by atoms with Crippen LogP contribution < -0.4 is 10.7 Å². The number of hydrogen-bond acceptors (Lipinski definition) is 5. The number of aryl methyl sites for hydroxylation is 1. The molecule has 25 heavy (non-hydrogen) atoms. The van der Waals surface area contributed by atoms with Crippen LogP contribution in [0.5, 0.6) is 0 Å². The summed E-state index contributed by atoms with van der Waals surface area (Å²) in [5.74, 6) is 0.191. The minimum absolute atomic E-state index is 0.0890. The average Bonchev–Trinajstić information content (AvgIpc) is 2.97. The summed E-state index contributed by atoms with van der Waals surface area (Å²) in [7, 11) is 0. The Hall–Kier alpha value is -2.60. The second-order valence-electron chi connectivity index (χ2n) is 6.35. The van der Waals surface area contributed by atoms with Crippen LogP contribution in [0.2, 0.25) is 5.02 Å². The number of anilines is 1. The molecule has 0 fully saturated rings. The normalized spacial score (nSPS) is 16.6. The van der Waals surface area contributed by atoms with Crippen LogP contribution in [-0.4, -0.2) is 11.1 Å². The van der Waals surface area contributed by atoms with Gasteiger partial charge in [0.15, 0.2) is 11.2 Å².